The highest BCUT2D eigenvalue weighted by atomic mass is 32.2. The third-order valence-electron chi connectivity index (χ3n) is 7.66. The number of hydroxylamine groups is 1. The van der Waals surface area contributed by atoms with Gasteiger partial charge in [-0.25, -0.2) is 13.2 Å². The molecule has 0 spiro atoms. The maximum Gasteiger partial charge on any atom is 0.407 e. The van der Waals surface area contributed by atoms with Crippen LogP contribution in [0.15, 0.2) is 59.5 Å². The minimum absolute atomic E-state index is 0.00607. The van der Waals surface area contributed by atoms with Gasteiger partial charge in [0.05, 0.1) is 48.8 Å². The Morgan fingerprint density at radius 2 is 1.80 bits per heavy atom. The van der Waals surface area contributed by atoms with E-state index in [0.29, 0.717) is 12.3 Å². The molecule has 3 fully saturated rings. The van der Waals surface area contributed by atoms with Crippen LogP contribution in [0, 0.1) is 5.92 Å². The summed E-state index contributed by atoms with van der Waals surface area (Å²) in [6.07, 6.45) is 1.13. The van der Waals surface area contributed by atoms with Crippen molar-refractivity contribution in [1.82, 2.24) is 9.79 Å². The molecule has 1 aliphatic carbocycles. The molecule has 3 aliphatic rings. The first kappa shape index (κ1) is 28.8. The van der Waals surface area contributed by atoms with E-state index in [1.165, 1.54) is 24.3 Å². The van der Waals surface area contributed by atoms with Gasteiger partial charge in [-0.1, -0.05) is 47.6 Å². The van der Waals surface area contributed by atoms with Gasteiger partial charge in [-0.15, -0.1) is 0 Å². The van der Waals surface area contributed by atoms with Crippen LogP contribution in [0.1, 0.15) is 37.7 Å². The SMILES string of the molecule is Nc1ccc(S(=O)(=O)N(CC(O)C(Cc2ccccc2)NC(=O)OC2COC3OCCC23)OC2CCCC2)cc1. The first-order valence-corrected chi connectivity index (χ1v) is 15.2. The van der Waals surface area contributed by atoms with Crippen molar-refractivity contribution in [3.05, 3.63) is 60.2 Å². The number of rotatable bonds is 11. The number of sulfonamides is 1. The third-order valence-corrected chi connectivity index (χ3v) is 9.30. The lowest BCUT2D eigenvalue weighted by atomic mass is 10.0. The zero-order valence-corrected chi connectivity index (χ0v) is 23.1. The van der Waals surface area contributed by atoms with Crippen LogP contribution in [-0.4, -0.2) is 74.5 Å². The first-order chi connectivity index (χ1) is 19.3. The molecule has 2 heterocycles. The molecule has 11 nitrogen and oxygen atoms in total. The second-order valence-electron chi connectivity index (χ2n) is 10.5. The van der Waals surface area contributed by atoms with Gasteiger partial charge in [-0.05, 0) is 55.5 Å². The van der Waals surface area contributed by atoms with E-state index in [1.54, 1.807) is 0 Å². The largest absolute Gasteiger partial charge is 0.443 e. The molecule has 40 heavy (non-hydrogen) atoms. The number of nitrogen functional groups attached to an aromatic ring is 1. The summed E-state index contributed by atoms with van der Waals surface area (Å²) in [5.74, 6) is -0.0383. The van der Waals surface area contributed by atoms with Gasteiger partial charge in [0, 0.05) is 5.69 Å². The Morgan fingerprint density at radius 3 is 2.52 bits per heavy atom. The number of amides is 1. The number of alkyl carbamates (subject to hydrolysis) is 1. The molecule has 4 N–H and O–H groups in total. The van der Waals surface area contributed by atoms with Crippen molar-refractivity contribution in [2.24, 2.45) is 5.92 Å². The Hall–Kier alpha value is -2.74. The molecule has 1 amide bonds. The average molecular weight is 576 g/mol. The van der Waals surface area contributed by atoms with E-state index in [9.17, 15) is 18.3 Å². The Bertz CT molecular complexity index is 1220. The number of hydrogen-bond donors (Lipinski definition) is 3. The lowest BCUT2D eigenvalue weighted by Gasteiger charge is -2.31. The fraction of sp³-hybridized carbons (Fsp3) is 0.536. The van der Waals surface area contributed by atoms with Gasteiger partial charge >= 0.3 is 6.09 Å². The number of hydrogen-bond acceptors (Lipinski definition) is 9. The van der Waals surface area contributed by atoms with E-state index in [0.717, 1.165) is 42.1 Å². The summed E-state index contributed by atoms with van der Waals surface area (Å²) >= 11 is 0. The van der Waals surface area contributed by atoms with Crippen LogP contribution in [0.5, 0.6) is 0 Å². The second kappa shape index (κ2) is 12.8. The summed E-state index contributed by atoms with van der Waals surface area (Å²) in [6.45, 7) is 0.384. The van der Waals surface area contributed by atoms with Crippen LogP contribution >= 0.6 is 0 Å². The lowest BCUT2D eigenvalue weighted by Crippen LogP contribution is -2.51. The molecule has 5 unspecified atom stereocenters. The highest BCUT2D eigenvalue weighted by Crippen LogP contribution is 2.33. The van der Waals surface area contributed by atoms with Gasteiger partial charge in [0.2, 0.25) is 0 Å². The Balaban J connectivity index is 1.33. The number of anilines is 1. The summed E-state index contributed by atoms with van der Waals surface area (Å²) in [6, 6.07) is 14.3. The number of ether oxygens (including phenoxy) is 3. The predicted molar refractivity (Wildman–Crippen MR) is 145 cm³/mol. The zero-order valence-electron chi connectivity index (χ0n) is 22.3. The number of aliphatic hydroxyl groups excluding tert-OH is 1. The Labute approximate surface area is 234 Å². The molecule has 2 aromatic rings. The number of carbonyl (C=O) groups excluding carboxylic acids is 1. The second-order valence-corrected chi connectivity index (χ2v) is 12.4. The smallest absolute Gasteiger partial charge is 0.407 e. The fourth-order valence-electron chi connectivity index (χ4n) is 5.42. The van der Waals surface area contributed by atoms with Crippen LogP contribution in [0.25, 0.3) is 0 Å². The molecule has 5 atom stereocenters. The van der Waals surface area contributed by atoms with Gasteiger partial charge in [0.1, 0.15) is 6.10 Å². The molecular formula is C28H37N3O8S. The maximum absolute atomic E-state index is 13.6. The van der Waals surface area contributed by atoms with Gasteiger partial charge in [0.25, 0.3) is 10.0 Å². The number of carbonyl (C=O) groups is 1. The van der Waals surface area contributed by atoms with Crippen molar-refractivity contribution in [2.75, 3.05) is 25.5 Å². The maximum atomic E-state index is 13.6. The predicted octanol–water partition coefficient (Wildman–Crippen LogP) is 2.59. The third kappa shape index (κ3) is 6.93. The molecule has 218 valence electrons. The number of nitrogens with one attached hydrogen (secondary N) is 1. The van der Waals surface area contributed by atoms with Gasteiger partial charge in [-0.2, -0.15) is 0 Å². The standard InChI is InChI=1S/C28H37N3O8S/c29-20-10-12-22(13-11-20)40(34,35)31(39-21-8-4-5-9-21)17-25(32)24(16-19-6-2-1-3-7-19)30-28(33)38-26-18-37-27-23(26)14-15-36-27/h1-3,6-7,10-13,21,23-27,32H,4-5,8-9,14-18,29H2,(H,30,33). The molecule has 2 aliphatic heterocycles. The van der Waals surface area contributed by atoms with E-state index in [4.69, 9.17) is 24.8 Å². The summed E-state index contributed by atoms with van der Waals surface area (Å²) in [7, 11) is -4.14. The van der Waals surface area contributed by atoms with Crippen LogP contribution in [0.4, 0.5) is 10.5 Å². The van der Waals surface area contributed by atoms with Crippen LogP contribution in [-0.2, 0) is 35.5 Å². The molecule has 1 saturated carbocycles. The Kier molecular flexibility index (Phi) is 9.24. The van der Waals surface area contributed by atoms with E-state index in [2.05, 4.69) is 5.32 Å². The lowest BCUT2D eigenvalue weighted by molar-refractivity contribution is -0.145. The molecular weight excluding hydrogens is 538 g/mol. The van der Waals surface area contributed by atoms with Crippen LogP contribution < -0.4 is 11.1 Å². The number of nitrogens with two attached hydrogens (primary N) is 1. The average Bonchev–Trinajstić information content (AvgIpc) is 3.70. The van der Waals surface area contributed by atoms with Crippen molar-refractivity contribution in [3.63, 3.8) is 0 Å². The highest BCUT2D eigenvalue weighted by Gasteiger charge is 2.44. The van der Waals surface area contributed by atoms with Crippen molar-refractivity contribution in [1.29, 1.82) is 0 Å². The molecule has 2 aromatic carbocycles. The topological polar surface area (TPSA) is 150 Å². The number of benzene rings is 2. The van der Waals surface area contributed by atoms with Gasteiger partial charge < -0.3 is 30.4 Å². The molecule has 0 bridgehead atoms. The van der Waals surface area contributed by atoms with Crippen molar-refractivity contribution >= 4 is 21.8 Å². The first-order valence-electron chi connectivity index (χ1n) is 13.8. The summed E-state index contributed by atoms with van der Waals surface area (Å²) in [4.78, 5) is 19.0. The van der Waals surface area contributed by atoms with Gasteiger partial charge in [-0.3, -0.25) is 4.84 Å². The van der Waals surface area contributed by atoms with Crippen molar-refractivity contribution in [3.8, 4) is 0 Å². The van der Waals surface area contributed by atoms with E-state index in [1.807, 2.05) is 30.3 Å². The van der Waals surface area contributed by atoms with Crippen LogP contribution in [0.3, 0.4) is 0 Å². The minimum atomic E-state index is -4.14. The molecule has 5 rings (SSSR count). The summed E-state index contributed by atoms with van der Waals surface area (Å²) in [5.41, 5.74) is 7.04. The van der Waals surface area contributed by atoms with E-state index in [-0.39, 0.29) is 36.2 Å². The zero-order chi connectivity index (χ0) is 28.1. The van der Waals surface area contributed by atoms with Crippen LogP contribution in [0.2, 0.25) is 0 Å². The number of nitrogens with zero attached hydrogens (tertiary/aromatic N) is 1. The summed E-state index contributed by atoms with van der Waals surface area (Å²) in [5, 5.41) is 14.2. The van der Waals surface area contributed by atoms with Gasteiger partial charge in [0.15, 0.2) is 6.29 Å². The Morgan fingerprint density at radius 1 is 1.07 bits per heavy atom. The fourth-order valence-corrected chi connectivity index (χ4v) is 6.72. The highest BCUT2D eigenvalue weighted by molar-refractivity contribution is 7.89. The molecule has 2 saturated heterocycles. The summed E-state index contributed by atoms with van der Waals surface area (Å²) < 4.78 is 44.8. The normalized spacial score (nSPS) is 24.6. The minimum Gasteiger partial charge on any atom is -0.443 e. The monoisotopic (exact) mass is 575 g/mol. The number of fused-ring (bicyclic) bond motifs is 1. The molecule has 0 aromatic heterocycles. The quantitative estimate of drug-likeness (QED) is 0.271. The van der Waals surface area contributed by atoms with Crippen molar-refractivity contribution < 1.29 is 37.4 Å². The van der Waals surface area contributed by atoms with Crippen molar-refractivity contribution in [2.45, 2.75) is 74.1 Å². The molecule has 0 radical (unpaired) electrons. The molecule has 12 heteroatoms. The van der Waals surface area contributed by atoms with E-state index >= 15 is 0 Å². The van der Waals surface area contributed by atoms with E-state index < -0.39 is 40.9 Å². The number of aliphatic hydroxyl groups is 1.